The van der Waals surface area contributed by atoms with E-state index < -0.39 is 23.8 Å². The predicted molar refractivity (Wildman–Crippen MR) is 139 cm³/mol. The summed E-state index contributed by atoms with van der Waals surface area (Å²) in [7, 11) is 0. The molecule has 7 rings (SSSR count). The van der Waals surface area contributed by atoms with Gasteiger partial charge in [-0.05, 0) is 61.4 Å². The summed E-state index contributed by atoms with van der Waals surface area (Å²) < 4.78 is 23.4. The third-order valence-electron chi connectivity index (χ3n) is 7.71. The predicted octanol–water partition coefficient (Wildman–Crippen LogP) is 6.84. The molecule has 6 nitrogen and oxygen atoms in total. The summed E-state index contributed by atoms with van der Waals surface area (Å²) in [5.74, 6) is 1.19. The third kappa shape index (κ3) is 3.64. The lowest BCUT2D eigenvalue weighted by Crippen LogP contribution is -2.57. The van der Waals surface area contributed by atoms with E-state index in [0.29, 0.717) is 34.5 Å². The molecule has 188 valence electrons. The molecule has 0 saturated heterocycles. The highest BCUT2D eigenvalue weighted by Crippen LogP contribution is 2.65. The zero-order valence-electron chi connectivity index (χ0n) is 20.8. The highest BCUT2D eigenvalue weighted by atomic mass is 16.5. The van der Waals surface area contributed by atoms with Crippen LogP contribution in [0.5, 0.6) is 34.5 Å². The maximum Gasteiger partial charge on any atom is 0.315 e. The highest BCUT2D eigenvalue weighted by molar-refractivity contribution is 5.92. The Morgan fingerprint density at radius 2 is 0.868 bits per heavy atom. The minimum absolute atomic E-state index is 0.180. The number of ether oxygens (including phenoxy) is 4. The van der Waals surface area contributed by atoms with Gasteiger partial charge in [-0.15, -0.1) is 0 Å². The molecule has 4 aromatic rings. The minimum Gasteiger partial charge on any atom is -0.457 e. The van der Waals surface area contributed by atoms with Crippen molar-refractivity contribution in [2.24, 2.45) is 11.8 Å². The molecule has 0 N–H and O–H groups in total. The van der Waals surface area contributed by atoms with Gasteiger partial charge in [-0.3, -0.25) is 9.59 Å². The van der Waals surface area contributed by atoms with Crippen LogP contribution in [0.3, 0.4) is 0 Å². The van der Waals surface area contributed by atoms with Gasteiger partial charge in [0.2, 0.25) is 0 Å². The Morgan fingerprint density at radius 3 is 1.26 bits per heavy atom. The van der Waals surface area contributed by atoms with Crippen molar-refractivity contribution in [1.29, 1.82) is 0 Å². The summed E-state index contributed by atoms with van der Waals surface area (Å²) in [6, 6.07) is 26.6. The second-order valence-corrected chi connectivity index (χ2v) is 10.2. The lowest BCUT2D eigenvalue weighted by Gasteiger charge is -2.53. The highest BCUT2D eigenvalue weighted by Gasteiger charge is 2.64. The monoisotopic (exact) mass is 504 g/mol. The first kappa shape index (κ1) is 22.6. The van der Waals surface area contributed by atoms with Gasteiger partial charge >= 0.3 is 11.9 Å². The SMILES string of the molecule is Cc1ccc(Oc2ccc3c(c2)OC(=O)C2C4C(=O)Oc5cc(Oc6ccc(C)cc6)ccc5C4C32)cc1. The molecule has 3 aliphatic rings. The van der Waals surface area contributed by atoms with E-state index in [9.17, 15) is 9.59 Å². The zero-order chi connectivity index (χ0) is 26.0. The number of rotatable bonds is 4. The van der Waals surface area contributed by atoms with Crippen LogP contribution in [0.1, 0.15) is 34.1 Å². The van der Waals surface area contributed by atoms with E-state index >= 15 is 0 Å². The average Bonchev–Trinajstić information content (AvgIpc) is 2.88. The first-order chi connectivity index (χ1) is 18.4. The van der Waals surface area contributed by atoms with E-state index in [-0.39, 0.29) is 11.8 Å². The van der Waals surface area contributed by atoms with Crippen molar-refractivity contribution in [3.63, 3.8) is 0 Å². The van der Waals surface area contributed by atoms with Crippen LogP contribution in [-0.4, -0.2) is 11.9 Å². The van der Waals surface area contributed by atoms with Crippen LogP contribution < -0.4 is 18.9 Å². The van der Waals surface area contributed by atoms with Crippen LogP contribution in [0.25, 0.3) is 0 Å². The van der Waals surface area contributed by atoms with Crippen molar-refractivity contribution >= 4 is 11.9 Å². The molecule has 4 unspecified atom stereocenters. The molecule has 0 bridgehead atoms. The molecule has 0 amide bonds. The fraction of sp³-hybridized carbons (Fsp3) is 0.188. The quantitative estimate of drug-likeness (QED) is 0.224. The Morgan fingerprint density at radius 1 is 0.500 bits per heavy atom. The fourth-order valence-corrected chi connectivity index (χ4v) is 5.83. The van der Waals surface area contributed by atoms with Crippen LogP contribution >= 0.6 is 0 Å². The molecule has 1 fully saturated rings. The van der Waals surface area contributed by atoms with E-state index in [0.717, 1.165) is 22.3 Å². The number of aryl methyl sites for hydroxylation is 2. The molecule has 4 atom stereocenters. The minimum atomic E-state index is -0.569. The molecule has 6 heteroatoms. The van der Waals surface area contributed by atoms with Crippen molar-refractivity contribution in [3.8, 4) is 34.5 Å². The van der Waals surface area contributed by atoms with Gasteiger partial charge in [0.05, 0.1) is 11.8 Å². The molecule has 2 aliphatic heterocycles. The number of benzene rings is 4. The zero-order valence-corrected chi connectivity index (χ0v) is 20.8. The summed E-state index contributed by atoms with van der Waals surface area (Å²) in [5, 5.41) is 0. The first-order valence-corrected chi connectivity index (χ1v) is 12.6. The van der Waals surface area contributed by atoms with Crippen molar-refractivity contribution in [1.82, 2.24) is 0 Å². The van der Waals surface area contributed by atoms with Crippen LogP contribution in [0.15, 0.2) is 84.9 Å². The summed E-state index contributed by atoms with van der Waals surface area (Å²) in [5.41, 5.74) is 4.07. The number of carbonyl (C=O) groups is 2. The lowest BCUT2D eigenvalue weighted by atomic mass is 9.51. The number of hydrogen-bond acceptors (Lipinski definition) is 6. The molecule has 38 heavy (non-hydrogen) atoms. The Kier molecular flexibility index (Phi) is 5.05. The number of hydrogen-bond donors (Lipinski definition) is 0. The van der Waals surface area contributed by atoms with Crippen LogP contribution in [0.2, 0.25) is 0 Å². The molecule has 0 aromatic heterocycles. The Hall–Kier alpha value is -4.58. The fourth-order valence-electron chi connectivity index (χ4n) is 5.83. The topological polar surface area (TPSA) is 71.1 Å². The lowest BCUT2D eigenvalue weighted by molar-refractivity contribution is -0.165. The van der Waals surface area contributed by atoms with Gasteiger partial charge < -0.3 is 18.9 Å². The van der Waals surface area contributed by atoms with Gasteiger partial charge in [0.25, 0.3) is 0 Å². The molecular formula is C32H24O6. The second-order valence-electron chi connectivity index (χ2n) is 10.2. The van der Waals surface area contributed by atoms with Gasteiger partial charge in [-0.2, -0.15) is 0 Å². The van der Waals surface area contributed by atoms with Crippen molar-refractivity contribution in [2.45, 2.75) is 25.7 Å². The first-order valence-electron chi connectivity index (χ1n) is 12.6. The van der Waals surface area contributed by atoms with Crippen LogP contribution in [0.4, 0.5) is 0 Å². The van der Waals surface area contributed by atoms with E-state index in [1.165, 1.54) is 0 Å². The number of carbonyl (C=O) groups excluding carboxylic acids is 2. The van der Waals surface area contributed by atoms with Gasteiger partial charge in [0.1, 0.15) is 34.5 Å². The summed E-state index contributed by atoms with van der Waals surface area (Å²) in [6.07, 6.45) is 0. The molecule has 0 radical (unpaired) electrons. The van der Waals surface area contributed by atoms with Gasteiger partial charge in [-0.25, -0.2) is 0 Å². The van der Waals surface area contributed by atoms with Gasteiger partial charge in [0.15, 0.2) is 0 Å². The molecule has 2 heterocycles. The van der Waals surface area contributed by atoms with Crippen LogP contribution in [0, 0.1) is 25.7 Å². The van der Waals surface area contributed by atoms with Gasteiger partial charge in [-0.1, -0.05) is 47.5 Å². The third-order valence-corrected chi connectivity index (χ3v) is 7.71. The maximum absolute atomic E-state index is 13.0. The van der Waals surface area contributed by atoms with E-state index in [1.54, 1.807) is 12.1 Å². The van der Waals surface area contributed by atoms with Crippen LogP contribution in [-0.2, 0) is 9.59 Å². The molecule has 1 aliphatic carbocycles. The Balaban J connectivity index is 1.20. The molecule has 0 spiro atoms. The van der Waals surface area contributed by atoms with E-state index in [4.69, 9.17) is 18.9 Å². The summed E-state index contributed by atoms with van der Waals surface area (Å²) in [6.45, 7) is 4.03. The summed E-state index contributed by atoms with van der Waals surface area (Å²) in [4.78, 5) is 26.1. The van der Waals surface area contributed by atoms with Crippen molar-refractivity contribution in [2.75, 3.05) is 0 Å². The smallest absolute Gasteiger partial charge is 0.315 e. The number of esters is 2. The normalized spacial score (nSPS) is 22.5. The molecule has 1 saturated carbocycles. The molecular weight excluding hydrogens is 480 g/mol. The molecule has 4 aromatic carbocycles. The Labute approximate surface area is 219 Å². The Bertz CT molecular complexity index is 1470. The van der Waals surface area contributed by atoms with Gasteiger partial charge in [0, 0.05) is 24.0 Å². The maximum atomic E-state index is 13.0. The largest absolute Gasteiger partial charge is 0.457 e. The van der Waals surface area contributed by atoms with E-state index in [2.05, 4.69) is 0 Å². The second kappa shape index (κ2) is 8.48. The van der Waals surface area contributed by atoms with Crippen molar-refractivity contribution in [3.05, 3.63) is 107 Å². The standard InChI is InChI=1S/C32H24O6/c1-17-3-7-19(8-4-17)35-21-11-13-23-25(15-21)37-31(33)29-27(23)28-24-14-12-22(16-26(24)38-32(34)30(28)29)36-20-9-5-18(2)6-10-20/h3-16,27-30H,1-2H3. The summed E-state index contributed by atoms with van der Waals surface area (Å²) >= 11 is 0. The van der Waals surface area contributed by atoms with E-state index in [1.807, 2.05) is 86.6 Å². The average molecular weight is 505 g/mol. The van der Waals surface area contributed by atoms with Crippen molar-refractivity contribution < 1.29 is 28.5 Å². The number of fused-ring (bicyclic) bond motifs is 8.